The number of aromatic nitrogens is 1. The lowest BCUT2D eigenvalue weighted by Gasteiger charge is -1.97. The molecule has 0 aliphatic heterocycles. The van der Waals surface area contributed by atoms with Gasteiger partial charge in [0.15, 0.2) is 5.01 Å². The second-order valence-corrected chi connectivity index (χ2v) is 3.79. The minimum atomic E-state index is -0.580. The molecule has 1 heterocycles. The van der Waals surface area contributed by atoms with Crippen LogP contribution < -0.4 is 11.1 Å². The van der Waals surface area contributed by atoms with Gasteiger partial charge in [-0.15, -0.1) is 11.3 Å². The molecule has 1 aromatic heterocycles. The average Bonchev–Trinajstić information content (AvgIpc) is 2.47. The predicted octanol–water partition coefficient (Wildman–Crippen LogP) is 0.121. The maximum atomic E-state index is 11.2. The Morgan fingerprint density at radius 2 is 2.38 bits per heavy atom. The summed E-state index contributed by atoms with van der Waals surface area (Å²) in [7, 11) is 0. The number of halogens is 1. The number of hydrogen-bond donors (Lipinski definition) is 2. The molecule has 0 aromatic carbocycles. The molecule has 3 N–H and O–H groups in total. The molecule has 70 valence electrons. The van der Waals surface area contributed by atoms with Gasteiger partial charge in [-0.05, 0) is 15.9 Å². The lowest BCUT2D eigenvalue weighted by molar-refractivity contribution is -0.117. The van der Waals surface area contributed by atoms with Crippen molar-refractivity contribution in [2.24, 2.45) is 5.73 Å². The van der Waals surface area contributed by atoms with Crippen LogP contribution in [0, 0.1) is 0 Å². The van der Waals surface area contributed by atoms with E-state index in [0.717, 1.165) is 0 Å². The number of nitrogens with one attached hydrogen (secondary N) is 1. The summed E-state index contributed by atoms with van der Waals surface area (Å²) in [5, 5.41) is 4.30. The molecular weight excluding hydrogens is 258 g/mol. The van der Waals surface area contributed by atoms with Gasteiger partial charge in [0.25, 0.3) is 5.91 Å². The highest BCUT2D eigenvalue weighted by Gasteiger charge is 2.09. The normalized spacial score (nSPS) is 9.62. The molecule has 0 atom stereocenters. The van der Waals surface area contributed by atoms with Crippen LogP contribution in [0.5, 0.6) is 0 Å². The maximum absolute atomic E-state index is 11.2. The van der Waals surface area contributed by atoms with Gasteiger partial charge in [0, 0.05) is 5.38 Å². The van der Waals surface area contributed by atoms with Crippen molar-refractivity contribution in [2.45, 2.75) is 0 Å². The van der Waals surface area contributed by atoms with Crippen LogP contribution in [-0.4, -0.2) is 23.3 Å². The Balaban J connectivity index is 2.54. The Morgan fingerprint density at radius 3 is 2.85 bits per heavy atom. The first-order valence-electron chi connectivity index (χ1n) is 3.27. The van der Waals surface area contributed by atoms with Crippen molar-refractivity contribution in [3.8, 4) is 0 Å². The highest BCUT2D eigenvalue weighted by molar-refractivity contribution is 9.10. The molecule has 0 spiro atoms. The summed E-state index contributed by atoms with van der Waals surface area (Å²) in [6.07, 6.45) is 0. The van der Waals surface area contributed by atoms with Gasteiger partial charge in [-0.1, -0.05) is 0 Å². The van der Waals surface area contributed by atoms with E-state index in [1.54, 1.807) is 5.38 Å². The Morgan fingerprint density at radius 1 is 1.69 bits per heavy atom. The number of nitrogens with two attached hydrogens (primary N) is 1. The van der Waals surface area contributed by atoms with Gasteiger partial charge in [-0.25, -0.2) is 4.98 Å². The first kappa shape index (κ1) is 10.1. The smallest absolute Gasteiger partial charge is 0.280 e. The lowest BCUT2D eigenvalue weighted by Crippen LogP contribution is -2.33. The topological polar surface area (TPSA) is 85.1 Å². The molecule has 0 bridgehead atoms. The second-order valence-electron chi connectivity index (χ2n) is 2.12. The van der Waals surface area contributed by atoms with Crippen LogP contribution in [0.25, 0.3) is 0 Å². The quantitative estimate of drug-likeness (QED) is 0.813. The van der Waals surface area contributed by atoms with Gasteiger partial charge in [0.05, 0.1) is 6.54 Å². The van der Waals surface area contributed by atoms with E-state index in [2.05, 4.69) is 26.2 Å². The zero-order valence-electron chi connectivity index (χ0n) is 6.41. The summed E-state index contributed by atoms with van der Waals surface area (Å²) in [4.78, 5) is 25.4. The monoisotopic (exact) mass is 263 g/mol. The van der Waals surface area contributed by atoms with Crippen LogP contribution in [0.2, 0.25) is 0 Å². The summed E-state index contributed by atoms with van der Waals surface area (Å²) in [5.41, 5.74) is 4.84. The summed E-state index contributed by atoms with van der Waals surface area (Å²) < 4.78 is 0.599. The van der Waals surface area contributed by atoms with E-state index in [9.17, 15) is 9.59 Å². The second kappa shape index (κ2) is 4.33. The standard InChI is InChI=1S/C6H6BrN3O2S/c7-3-2-13-6(10-3)5(12)9-1-4(8)11/h2H,1H2,(H2,8,11)(H,9,12). The third-order valence-electron chi connectivity index (χ3n) is 1.09. The van der Waals surface area contributed by atoms with E-state index in [0.29, 0.717) is 9.61 Å². The van der Waals surface area contributed by atoms with Crippen molar-refractivity contribution < 1.29 is 9.59 Å². The van der Waals surface area contributed by atoms with Crippen LogP contribution in [0.3, 0.4) is 0 Å². The molecule has 5 nitrogen and oxygen atoms in total. The van der Waals surface area contributed by atoms with Gasteiger partial charge < -0.3 is 11.1 Å². The van der Waals surface area contributed by atoms with Crippen molar-refractivity contribution in [1.29, 1.82) is 0 Å². The zero-order valence-corrected chi connectivity index (χ0v) is 8.81. The average molecular weight is 264 g/mol. The molecule has 0 aliphatic rings. The number of carbonyl (C=O) groups is 2. The zero-order chi connectivity index (χ0) is 9.84. The minimum absolute atomic E-state index is 0.171. The molecule has 0 fully saturated rings. The van der Waals surface area contributed by atoms with E-state index in [-0.39, 0.29) is 6.54 Å². The number of primary amides is 1. The molecule has 13 heavy (non-hydrogen) atoms. The Hall–Kier alpha value is -0.950. The molecular formula is C6H6BrN3O2S. The Bertz CT molecular complexity index is 338. The van der Waals surface area contributed by atoms with Gasteiger partial charge in [-0.3, -0.25) is 9.59 Å². The van der Waals surface area contributed by atoms with Crippen LogP contribution >= 0.6 is 27.3 Å². The van der Waals surface area contributed by atoms with Crippen molar-refractivity contribution in [3.05, 3.63) is 15.0 Å². The molecule has 2 amide bonds. The van der Waals surface area contributed by atoms with Gasteiger partial charge in [0.1, 0.15) is 4.60 Å². The predicted molar refractivity (Wildman–Crippen MR) is 51.3 cm³/mol. The highest BCUT2D eigenvalue weighted by atomic mass is 79.9. The summed E-state index contributed by atoms with van der Waals surface area (Å²) in [6.45, 7) is -0.171. The number of amides is 2. The van der Waals surface area contributed by atoms with Crippen LogP contribution in [0.15, 0.2) is 9.98 Å². The molecule has 1 rings (SSSR count). The van der Waals surface area contributed by atoms with Crippen LogP contribution in [0.1, 0.15) is 9.80 Å². The van der Waals surface area contributed by atoms with Crippen molar-refractivity contribution >= 4 is 39.1 Å². The van der Waals surface area contributed by atoms with Crippen LogP contribution in [0.4, 0.5) is 0 Å². The van der Waals surface area contributed by atoms with Gasteiger partial charge in [0.2, 0.25) is 5.91 Å². The molecule has 1 aromatic rings. The molecule has 0 saturated carbocycles. The van der Waals surface area contributed by atoms with E-state index in [1.165, 1.54) is 11.3 Å². The fraction of sp³-hybridized carbons (Fsp3) is 0.167. The number of nitrogens with zero attached hydrogens (tertiary/aromatic N) is 1. The number of rotatable bonds is 3. The van der Waals surface area contributed by atoms with E-state index in [4.69, 9.17) is 5.73 Å². The largest absolute Gasteiger partial charge is 0.368 e. The maximum Gasteiger partial charge on any atom is 0.280 e. The highest BCUT2D eigenvalue weighted by Crippen LogP contribution is 2.14. The first-order valence-corrected chi connectivity index (χ1v) is 4.94. The molecule has 0 aliphatic carbocycles. The fourth-order valence-electron chi connectivity index (χ4n) is 0.601. The summed E-state index contributed by atoms with van der Waals surface area (Å²) in [6, 6.07) is 0. The van der Waals surface area contributed by atoms with Crippen molar-refractivity contribution in [2.75, 3.05) is 6.54 Å². The summed E-state index contributed by atoms with van der Waals surface area (Å²) in [5.74, 6) is -0.974. The van der Waals surface area contributed by atoms with E-state index in [1.807, 2.05) is 0 Å². The Labute approximate surface area is 86.5 Å². The molecule has 0 saturated heterocycles. The third kappa shape index (κ3) is 3.11. The van der Waals surface area contributed by atoms with Gasteiger partial charge in [-0.2, -0.15) is 0 Å². The number of hydrogen-bond acceptors (Lipinski definition) is 4. The van der Waals surface area contributed by atoms with E-state index >= 15 is 0 Å². The lowest BCUT2D eigenvalue weighted by atomic mass is 10.5. The van der Waals surface area contributed by atoms with E-state index < -0.39 is 11.8 Å². The molecule has 0 radical (unpaired) electrons. The third-order valence-corrected chi connectivity index (χ3v) is 2.64. The number of thiazole rings is 1. The summed E-state index contributed by atoms with van der Waals surface area (Å²) >= 11 is 4.30. The van der Waals surface area contributed by atoms with Gasteiger partial charge >= 0.3 is 0 Å². The Kier molecular flexibility index (Phi) is 3.38. The SMILES string of the molecule is NC(=O)CNC(=O)c1nc(Br)cs1. The molecule has 7 heteroatoms. The number of carbonyl (C=O) groups excluding carboxylic acids is 2. The van der Waals surface area contributed by atoms with Crippen LogP contribution in [-0.2, 0) is 4.79 Å². The van der Waals surface area contributed by atoms with Crippen molar-refractivity contribution in [1.82, 2.24) is 10.3 Å². The fourth-order valence-corrected chi connectivity index (χ4v) is 1.77. The molecule has 0 unspecified atom stereocenters. The first-order chi connectivity index (χ1) is 6.09. The van der Waals surface area contributed by atoms with Crippen molar-refractivity contribution in [3.63, 3.8) is 0 Å². The minimum Gasteiger partial charge on any atom is -0.368 e.